The summed E-state index contributed by atoms with van der Waals surface area (Å²) in [5, 5.41) is 16.4. The van der Waals surface area contributed by atoms with Gasteiger partial charge in [0.15, 0.2) is 0 Å². The molecule has 0 aliphatic heterocycles. The third-order valence-electron chi connectivity index (χ3n) is 1.59. The Labute approximate surface area is 84.3 Å². The smallest absolute Gasteiger partial charge is 0.145 e. The second kappa shape index (κ2) is 12.0. The molecule has 0 atom stereocenters. The predicted molar refractivity (Wildman–Crippen MR) is 53.9 cm³/mol. The number of carbonyl (C=O) groups is 2. The molecule has 4 heteroatoms. The van der Waals surface area contributed by atoms with Gasteiger partial charge in [0, 0.05) is 12.8 Å². The summed E-state index contributed by atoms with van der Waals surface area (Å²) in [5.74, 6) is 0.301. The topological polar surface area (TPSA) is 74.6 Å². The van der Waals surface area contributed by atoms with Gasteiger partial charge in [-0.25, -0.2) is 0 Å². The Morgan fingerprint density at radius 2 is 1.71 bits per heavy atom. The fourth-order valence-electron chi connectivity index (χ4n) is 0.925. The van der Waals surface area contributed by atoms with Gasteiger partial charge in [0.05, 0.1) is 12.7 Å². The van der Waals surface area contributed by atoms with Gasteiger partial charge in [-0.15, -0.1) is 13.2 Å². The number of aliphatic hydroxyl groups excluding tert-OH is 2. The number of aldehydes is 1. The highest BCUT2D eigenvalue weighted by atomic mass is 16.3. The van der Waals surface area contributed by atoms with Crippen LogP contribution in [0.5, 0.6) is 0 Å². The molecule has 0 saturated heterocycles. The van der Waals surface area contributed by atoms with E-state index in [4.69, 9.17) is 15.0 Å². The first-order valence-electron chi connectivity index (χ1n) is 4.45. The van der Waals surface area contributed by atoms with E-state index >= 15 is 0 Å². The summed E-state index contributed by atoms with van der Waals surface area (Å²) in [7, 11) is 0. The minimum atomic E-state index is -0.361. The number of hydrogen-bond acceptors (Lipinski definition) is 4. The molecule has 2 N–H and O–H groups in total. The van der Waals surface area contributed by atoms with Crippen molar-refractivity contribution in [3.63, 3.8) is 0 Å². The lowest BCUT2D eigenvalue weighted by atomic mass is 9.97. The van der Waals surface area contributed by atoms with Crippen LogP contribution in [0.25, 0.3) is 0 Å². The molecular weight excluding hydrogens is 184 g/mol. The molecular formula is C10H18O4. The van der Waals surface area contributed by atoms with Gasteiger partial charge in [0.1, 0.15) is 12.1 Å². The third kappa shape index (κ3) is 11.0. The van der Waals surface area contributed by atoms with Crippen molar-refractivity contribution in [2.75, 3.05) is 6.61 Å². The van der Waals surface area contributed by atoms with E-state index in [-0.39, 0.29) is 12.7 Å². The van der Waals surface area contributed by atoms with Crippen molar-refractivity contribution in [2.24, 2.45) is 0 Å². The van der Waals surface area contributed by atoms with E-state index in [0.717, 1.165) is 0 Å². The van der Waals surface area contributed by atoms with Crippen molar-refractivity contribution in [2.45, 2.75) is 31.8 Å². The molecule has 1 fully saturated rings. The van der Waals surface area contributed by atoms with E-state index < -0.39 is 0 Å². The van der Waals surface area contributed by atoms with Gasteiger partial charge in [0.25, 0.3) is 0 Å². The maximum atomic E-state index is 10.5. The maximum absolute atomic E-state index is 10.5. The Hall–Kier alpha value is -1.00. The SMILES string of the molecule is C=C.O=C1CCC(O)CC1.O=CCO. The average Bonchev–Trinajstić information content (AvgIpc) is 2.26. The lowest BCUT2D eigenvalue weighted by Crippen LogP contribution is -2.17. The molecule has 0 aromatic heterocycles. The van der Waals surface area contributed by atoms with Gasteiger partial charge < -0.3 is 15.0 Å². The number of Topliss-reactive ketones (excluding diaryl/α,β-unsaturated/α-hetero) is 1. The summed E-state index contributed by atoms with van der Waals surface area (Å²) >= 11 is 0. The Morgan fingerprint density at radius 1 is 1.36 bits per heavy atom. The molecule has 0 bridgehead atoms. The zero-order valence-corrected chi connectivity index (χ0v) is 8.32. The molecule has 0 amide bonds. The Balaban J connectivity index is 0. The summed E-state index contributed by atoms with van der Waals surface area (Å²) < 4.78 is 0. The van der Waals surface area contributed by atoms with Gasteiger partial charge in [-0.3, -0.25) is 4.79 Å². The lowest BCUT2D eigenvalue weighted by molar-refractivity contribution is -0.122. The first-order chi connectivity index (χ1) is 6.70. The Morgan fingerprint density at radius 3 is 1.93 bits per heavy atom. The first kappa shape index (κ1) is 15.5. The van der Waals surface area contributed by atoms with Crippen LogP contribution in [0.4, 0.5) is 0 Å². The quantitative estimate of drug-likeness (QED) is 0.479. The van der Waals surface area contributed by atoms with E-state index in [2.05, 4.69) is 13.2 Å². The number of rotatable bonds is 1. The lowest BCUT2D eigenvalue weighted by Gasteiger charge is -2.13. The van der Waals surface area contributed by atoms with Gasteiger partial charge in [-0.05, 0) is 12.8 Å². The highest BCUT2D eigenvalue weighted by Crippen LogP contribution is 2.13. The standard InChI is InChI=1S/C6H10O2.C2H4O2.C2H4/c7-5-1-2-6(8)4-3-5;3-1-2-4;1-2/h5,7H,1-4H2;1,4H,2H2;1-2H2. The average molecular weight is 202 g/mol. The van der Waals surface area contributed by atoms with E-state index in [1.807, 2.05) is 0 Å². The normalized spacial score (nSPS) is 15.7. The molecule has 82 valence electrons. The summed E-state index contributed by atoms with van der Waals surface area (Å²) in [6.07, 6.45) is 2.76. The van der Waals surface area contributed by atoms with Gasteiger partial charge >= 0.3 is 0 Å². The van der Waals surface area contributed by atoms with Crippen molar-refractivity contribution < 1.29 is 19.8 Å². The van der Waals surface area contributed by atoms with E-state index in [0.29, 0.717) is 37.8 Å². The van der Waals surface area contributed by atoms with Crippen molar-refractivity contribution in [3.8, 4) is 0 Å². The number of carbonyl (C=O) groups excluding carboxylic acids is 2. The van der Waals surface area contributed by atoms with Crippen LogP contribution in [0.15, 0.2) is 13.2 Å². The molecule has 1 aliphatic carbocycles. The largest absolute Gasteiger partial charge is 0.393 e. The first-order valence-corrected chi connectivity index (χ1v) is 4.45. The highest BCUT2D eigenvalue weighted by molar-refractivity contribution is 5.79. The van der Waals surface area contributed by atoms with E-state index in [1.165, 1.54) is 0 Å². The summed E-state index contributed by atoms with van der Waals surface area (Å²) in [4.78, 5) is 19.4. The molecule has 0 radical (unpaired) electrons. The second-order valence-electron chi connectivity index (χ2n) is 2.62. The minimum Gasteiger partial charge on any atom is -0.393 e. The van der Waals surface area contributed by atoms with Gasteiger partial charge in [0.2, 0.25) is 0 Å². The number of ketones is 1. The molecule has 0 aromatic carbocycles. The van der Waals surface area contributed by atoms with Gasteiger partial charge in [-0.1, -0.05) is 0 Å². The highest BCUT2D eigenvalue weighted by Gasteiger charge is 2.14. The van der Waals surface area contributed by atoms with Crippen LogP contribution >= 0.6 is 0 Å². The predicted octanol–water partition coefficient (Wildman–Crippen LogP) is 0.470. The van der Waals surface area contributed by atoms with Crippen LogP contribution in [-0.2, 0) is 9.59 Å². The summed E-state index contributed by atoms with van der Waals surface area (Å²) in [6, 6.07) is 0. The molecule has 0 unspecified atom stereocenters. The van der Waals surface area contributed by atoms with Gasteiger partial charge in [-0.2, -0.15) is 0 Å². The van der Waals surface area contributed by atoms with Crippen molar-refractivity contribution in [3.05, 3.63) is 13.2 Å². The van der Waals surface area contributed by atoms with Crippen molar-refractivity contribution >= 4 is 12.1 Å². The molecule has 1 saturated carbocycles. The van der Waals surface area contributed by atoms with Crippen LogP contribution in [0, 0.1) is 0 Å². The van der Waals surface area contributed by atoms with E-state index in [1.54, 1.807) is 0 Å². The summed E-state index contributed by atoms with van der Waals surface area (Å²) in [6.45, 7) is 5.64. The van der Waals surface area contributed by atoms with Crippen molar-refractivity contribution in [1.29, 1.82) is 0 Å². The zero-order chi connectivity index (χ0) is 11.4. The monoisotopic (exact) mass is 202 g/mol. The fourth-order valence-corrected chi connectivity index (χ4v) is 0.925. The van der Waals surface area contributed by atoms with Crippen LogP contribution in [0.3, 0.4) is 0 Å². The minimum absolute atomic E-state index is 0.201. The Bertz CT molecular complexity index is 146. The van der Waals surface area contributed by atoms with Crippen molar-refractivity contribution in [1.82, 2.24) is 0 Å². The molecule has 0 aromatic rings. The molecule has 0 spiro atoms. The third-order valence-corrected chi connectivity index (χ3v) is 1.59. The number of aliphatic hydroxyl groups is 2. The molecule has 0 heterocycles. The number of hydrogen-bond donors (Lipinski definition) is 2. The van der Waals surface area contributed by atoms with Crippen LogP contribution < -0.4 is 0 Å². The fraction of sp³-hybridized carbons (Fsp3) is 0.600. The van der Waals surface area contributed by atoms with Crippen LogP contribution in [0.2, 0.25) is 0 Å². The maximum Gasteiger partial charge on any atom is 0.145 e. The van der Waals surface area contributed by atoms with Crippen LogP contribution in [0.1, 0.15) is 25.7 Å². The van der Waals surface area contributed by atoms with Crippen LogP contribution in [-0.4, -0.2) is 35.0 Å². The molecule has 1 aliphatic rings. The Kier molecular flexibility index (Phi) is 13.3. The second-order valence-corrected chi connectivity index (χ2v) is 2.62. The summed E-state index contributed by atoms with van der Waals surface area (Å²) in [5.41, 5.74) is 0. The molecule has 14 heavy (non-hydrogen) atoms. The molecule has 1 rings (SSSR count). The molecule has 4 nitrogen and oxygen atoms in total. The zero-order valence-electron chi connectivity index (χ0n) is 8.32. The van der Waals surface area contributed by atoms with E-state index in [9.17, 15) is 4.79 Å².